The third-order valence-electron chi connectivity index (χ3n) is 2.88. The largest absolute Gasteiger partial charge is 0.469 e. The van der Waals surface area contributed by atoms with E-state index in [-0.39, 0.29) is 18.3 Å². The van der Waals surface area contributed by atoms with Gasteiger partial charge >= 0.3 is 5.97 Å². The average Bonchev–Trinajstić information content (AvgIpc) is 2.48. The molecule has 0 aliphatic heterocycles. The van der Waals surface area contributed by atoms with Crippen molar-refractivity contribution in [3.05, 3.63) is 30.3 Å². The first kappa shape index (κ1) is 16.6. The van der Waals surface area contributed by atoms with E-state index in [1.165, 1.54) is 7.11 Å². The minimum atomic E-state index is -0.282. The Bertz CT molecular complexity index is 422. The number of carbonyl (C=O) groups excluding carboxylic acids is 2. The number of ether oxygens (including phenoxy) is 1. The lowest BCUT2D eigenvalue weighted by Gasteiger charge is -2.20. The Labute approximate surface area is 124 Å². The molecule has 0 unspecified atom stereocenters. The molecular weight excluding hydrogens is 274 g/mol. The van der Waals surface area contributed by atoms with Gasteiger partial charge in [0.2, 0.25) is 5.91 Å². The van der Waals surface area contributed by atoms with Gasteiger partial charge in [0.15, 0.2) is 0 Å². The van der Waals surface area contributed by atoms with Gasteiger partial charge in [0.25, 0.3) is 0 Å². The van der Waals surface area contributed by atoms with E-state index in [4.69, 9.17) is 0 Å². The lowest BCUT2D eigenvalue weighted by atomic mass is 10.3. The van der Waals surface area contributed by atoms with Crippen molar-refractivity contribution in [1.29, 1.82) is 0 Å². The Balaban J connectivity index is 2.30. The van der Waals surface area contributed by atoms with Crippen LogP contribution >= 0.6 is 11.8 Å². The molecule has 1 rings (SSSR count). The molecule has 1 amide bonds. The van der Waals surface area contributed by atoms with Crippen LogP contribution < -0.4 is 0 Å². The van der Waals surface area contributed by atoms with Crippen LogP contribution in [0.2, 0.25) is 0 Å². The number of rotatable bonds is 8. The Morgan fingerprint density at radius 1 is 1.20 bits per heavy atom. The van der Waals surface area contributed by atoms with Crippen LogP contribution in [0.4, 0.5) is 0 Å². The highest BCUT2D eigenvalue weighted by Crippen LogP contribution is 2.18. The lowest BCUT2D eigenvalue weighted by Crippen LogP contribution is -2.33. The molecule has 0 saturated carbocycles. The third kappa shape index (κ3) is 6.10. The van der Waals surface area contributed by atoms with Crippen LogP contribution in [0.15, 0.2) is 35.2 Å². The molecule has 0 spiro atoms. The van der Waals surface area contributed by atoms with Crippen molar-refractivity contribution < 1.29 is 14.3 Å². The van der Waals surface area contributed by atoms with Gasteiger partial charge in [-0.15, -0.1) is 11.8 Å². The molecule has 0 heterocycles. The first-order chi connectivity index (χ1) is 9.67. The van der Waals surface area contributed by atoms with Crippen molar-refractivity contribution in [2.24, 2.45) is 0 Å². The number of hydrogen-bond acceptors (Lipinski definition) is 4. The smallest absolute Gasteiger partial charge is 0.307 e. The second-order valence-corrected chi connectivity index (χ2v) is 5.38. The van der Waals surface area contributed by atoms with Crippen LogP contribution in [-0.4, -0.2) is 42.7 Å². The first-order valence-corrected chi connectivity index (χ1v) is 7.68. The standard InChI is InChI=1S/C15H21NO3S/c1-3-16(11-9-15(18)19-2)14(17)10-12-20-13-7-5-4-6-8-13/h4-8H,3,9-12H2,1-2H3. The molecule has 0 aliphatic carbocycles. The molecule has 0 N–H and O–H groups in total. The molecule has 1 aromatic carbocycles. The maximum atomic E-state index is 12.0. The van der Waals surface area contributed by atoms with Gasteiger partial charge in [-0.2, -0.15) is 0 Å². The number of nitrogens with zero attached hydrogens (tertiary/aromatic N) is 1. The summed E-state index contributed by atoms with van der Waals surface area (Å²) < 4.78 is 4.58. The number of methoxy groups -OCH3 is 1. The van der Waals surface area contributed by atoms with Gasteiger partial charge in [-0.1, -0.05) is 18.2 Å². The van der Waals surface area contributed by atoms with Crippen molar-refractivity contribution in [3.8, 4) is 0 Å². The SMILES string of the molecule is CCN(CCC(=O)OC)C(=O)CCSc1ccccc1. The van der Waals surface area contributed by atoms with Crippen LogP contribution in [0.5, 0.6) is 0 Å². The number of amides is 1. The van der Waals surface area contributed by atoms with Gasteiger partial charge in [-0.3, -0.25) is 9.59 Å². The van der Waals surface area contributed by atoms with Gasteiger partial charge < -0.3 is 9.64 Å². The topological polar surface area (TPSA) is 46.6 Å². The van der Waals surface area contributed by atoms with E-state index in [0.717, 1.165) is 10.6 Å². The Morgan fingerprint density at radius 2 is 1.90 bits per heavy atom. The van der Waals surface area contributed by atoms with Crippen molar-refractivity contribution in [1.82, 2.24) is 4.90 Å². The fourth-order valence-electron chi connectivity index (χ4n) is 1.72. The fourth-order valence-corrected chi connectivity index (χ4v) is 2.58. The predicted octanol–water partition coefficient (Wildman–Crippen LogP) is 2.58. The summed E-state index contributed by atoms with van der Waals surface area (Å²) in [6, 6.07) is 10.0. The molecule has 5 heteroatoms. The summed E-state index contributed by atoms with van der Waals surface area (Å²) in [5.74, 6) is 0.548. The molecule has 0 bridgehead atoms. The Morgan fingerprint density at radius 3 is 2.50 bits per heavy atom. The third-order valence-corrected chi connectivity index (χ3v) is 3.89. The van der Waals surface area contributed by atoms with E-state index in [2.05, 4.69) is 4.74 Å². The van der Waals surface area contributed by atoms with Crippen molar-refractivity contribution in [2.45, 2.75) is 24.7 Å². The predicted molar refractivity (Wildman–Crippen MR) is 80.7 cm³/mol. The highest BCUT2D eigenvalue weighted by molar-refractivity contribution is 7.99. The summed E-state index contributed by atoms with van der Waals surface area (Å²) in [6.07, 6.45) is 0.733. The molecule has 1 aromatic rings. The number of benzene rings is 1. The molecular formula is C15H21NO3S. The molecule has 4 nitrogen and oxygen atoms in total. The van der Waals surface area contributed by atoms with Gasteiger partial charge in [-0.05, 0) is 19.1 Å². The summed E-state index contributed by atoms with van der Waals surface area (Å²) in [7, 11) is 1.36. The maximum absolute atomic E-state index is 12.0. The summed E-state index contributed by atoms with van der Waals surface area (Å²) in [4.78, 5) is 26.0. The first-order valence-electron chi connectivity index (χ1n) is 6.69. The Kier molecular flexibility index (Phi) is 7.80. The van der Waals surface area contributed by atoms with E-state index in [0.29, 0.717) is 19.5 Å². The van der Waals surface area contributed by atoms with E-state index in [1.807, 2.05) is 37.3 Å². The molecule has 0 aliphatic rings. The highest BCUT2D eigenvalue weighted by atomic mass is 32.2. The van der Waals surface area contributed by atoms with E-state index >= 15 is 0 Å². The summed E-state index contributed by atoms with van der Waals surface area (Å²) in [5, 5.41) is 0. The van der Waals surface area contributed by atoms with Crippen molar-refractivity contribution >= 4 is 23.6 Å². The number of thioether (sulfide) groups is 1. The minimum Gasteiger partial charge on any atom is -0.469 e. The van der Waals surface area contributed by atoms with Crippen LogP contribution in [-0.2, 0) is 14.3 Å². The number of esters is 1. The molecule has 0 saturated heterocycles. The van der Waals surface area contributed by atoms with E-state index in [9.17, 15) is 9.59 Å². The van der Waals surface area contributed by atoms with E-state index in [1.54, 1.807) is 16.7 Å². The van der Waals surface area contributed by atoms with Crippen LogP contribution in [0.3, 0.4) is 0 Å². The van der Waals surface area contributed by atoms with Crippen LogP contribution in [0, 0.1) is 0 Å². The summed E-state index contributed by atoms with van der Waals surface area (Å²) >= 11 is 1.67. The second-order valence-electron chi connectivity index (χ2n) is 4.21. The zero-order valence-electron chi connectivity index (χ0n) is 12.0. The normalized spacial score (nSPS) is 10.1. The minimum absolute atomic E-state index is 0.0832. The highest BCUT2D eigenvalue weighted by Gasteiger charge is 2.13. The lowest BCUT2D eigenvalue weighted by molar-refractivity contribution is -0.141. The van der Waals surface area contributed by atoms with Gasteiger partial charge in [0, 0.05) is 30.2 Å². The van der Waals surface area contributed by atoms with Crippen molar-refractivity contribution in [3.63, 3.8) is 0 Å². The van der Waals surface area contributed by atoms with Crippen molar-refractivity contribution in [2.75, 3.05) is 26.0 Å². The molecule has 0 fully saturated rings. The molecule has 0 aromatic heterocycles. The van der Waals surface area contributed by atoms with E-state index < -0.39 is 0 Å². The Hall–Kier alpha value is -1.49. The van der Waals surface area contributed by atoms with Gasteiger partial charge in [0.05, 0.1) is 13.5 Å². The van der Waals surface area contributed by atoms with Gasteiger partial charge in [-0.25, -0.2) is 0 Å². The van der Waals surface area contributed by atoms with Crippen LogP contribution in [0.1, 0.15) is 19.8 Å². The quantitative estimate of drug-likeness (QED) is 0.546. The summed E-state index contributed by atoms with van der Waals surface area (Å²) in [6.45, 7) is 2.96. The molecule has 0 atom stereocenters. The fraction of sp³-hybridized carbons (Fsp3) is 0.467. The zero-order valence-corrected chi connectivity index (χ0v) is 12.8. The molecule has 20 heavy (non-hydrogen) atoms. The maximum Gasteiger partial charge on any atom is 0.307 e. The monoisotopic (exact) mass is 295 g/mol. The molecule has 110 valence electrons. The number of hydrogen-bond donors (Lipinski definition) is 0. The summed E-state index contributed by atoms with van der Waals surface area (Å²) in [5.41, 5.74) is 0. The average molecular weight is 295 g/mol. The van der Waals surface area contributed by atoms with Gasteiger partial charge in [0.1, 0.15) is 0 Å². The number of carbonyl (C=O) groups is 2. The van der Waals surface area contributed by atoms with Crippen LogP contribution in [0.25, 0.3) is 0 Å². The zero-order chi connectivity index (χ0) is 14.8. The molecule has 0 radical (unpaired) electrons. The second kappa shape index (κ2) is 9.42.